The van der Waals surface area contributed by atoms with Crippen LogP contribution in [0.2, 0.25) is 5.02 Å². The number of alkyl halides is 3. The first-order valence-corrected chi connectivity index (χ1v) is 10.7. The van der Waals surface area contributed by atoms with E-state index in [0.717, 1.165) is 0 Å². The van der Waals surface area contributed by atoms with Crippen molar-refractivity contribution in [2.75, 3.05) is 13.7 Å². The van der Waals surface area contributed by atoms with E-state index in [0.29, 0.717) is 16.3 Å². The van der Waals surface area contributed by atoms with Gasteiger partial charge in [-0.15, -0.1) is 0 Å². The van der Waals surface area contributed by atoms with Crippen LogP contribution in [-0.2, 0) is 19.6 Å². The maximum absolute atomic E-state index is 12.6. The Labute approximate surface area is 182 Å². The van der Waals surface area contributed by atoms with Crippen molar-refractivity contribution in [2.45, 2.75) is 14.7 Å². The molecule has 0 unspecified atom stereocenters. The Morgan fingerprint density at radius 1 is 1.07 bits per heavy atom. The zero-order chi connectivity index (χ0) is 20.9. The first kappa shape index (κ1) is 23.1. The van der Waals surface area contributed by atoms with Crippen LogP contribution in [0.25, 0.3) is 0 Å². The molecule has 0 saturated heterocycles. The molecule has 1 atom stereocenters. The fourth-order valence-corrected chi connectivity index (χ4v) is 4.23. The number of ether oxygens (including phenoxy) is 2. The lowest BCUT2D eigenvalue weighted by Gasteiger charge is -2.26. The van der Waals surface area contributed by atoms with Crippen LogP contribution < -0.4 is 9.46 Å². The molecule has 0 aromatic heterocycles. The molecule has 0 aliphatic heterocycles. The summed E-state index contributed by atoms with van der Waals surface area (Å²) >= 11 is 23.8. The van der Waals surface area contributed by atoms with Gasteiger partial charge in [0.15, 0.2) is 6.61 Å². The Morgan fingerprint density at radius 2 is 1.64 bits per heavy atom. The number of methoxy groups -OCH3 is 1. The van der Waals surface area contributed by atoms with Crippen molar-refractivity contribution in [3.8, 4) is 5.75 Å². The van der Waals surface area contributed by atoms with Gasteiger partial charge in [-0.2, -0.15) is 4.72 Å². The van der Waals surface area contributed by atoms with E-state index in [1.54, 1.807) is 0 Å². The maximum atomic E-state index is 12.6. The lowest BCUT2D eigenvalue weighted by molar-refractivity contribution is -0.142. The average molecular weight is 487 g/mol. The Balaban J connectivity index is 2.24. The third-order valence-corrected chi connectivity index (χ3v) is 5.87. The molecular weight excluding hydrogens is 472 g/mol. The third-order valence-electron chi connectivity index (χ3n) is 3.52. The zero-order valence-electron chi connectivity index (χ0n) is 14.4. The topological polar surface area (TPSA) is 81.7 Å². The molecular formula is C17H15Cl4NO5S. The van der Waals surface area contributed by atoms with Gasteiger partial charge in [-0.25, -0.2) is 13.2 Å². The molecule has 152 valence electrons. The minimum absolute atomic E-state index is 0.0332. The van der Waals surface area contributed by atoms with Crippen molar-refractivity contribution in [2.24, 2.45) is 0 Å². The summed E-state index contributed by atoms with van der Waals surface area (Å²) in [6.45, 7) is -0.271. The average Bonchev–Trinajstić information content (AvgIpc) is 2.64. The summed E-state index contributed by atoms with van der Waals surface area (Å²) < 4.78 is 35.4. The number of hydrogen-bond acceptors (Lipinski definition) is 5. The van der Waals surface area contributed by atoms with Crippen molar-refractivity contribution < 1.29 is 22.7 Å². The molecule has 28 heavy (non-hydrogen) atoms. The second kappa shape index (κ2) is 9.52. The van der Waals surface area contributed by atoms with Gasteiger partial charge in [-0.1, -0.05) is 58.5 Å². The number of esters is 1. The van der Waals surface area contributed by atoms with Crippen molar-refractivity contribution in [3.05, 3.63) is 59.1 Å². The highest BCUT2D eigenvalue weighted by Gasteiger charge is 2.37. The molecule has 0 aliphatic rings. The fraction of sp³-hybridized carbons (Fsp3) is 0.235. The monoisotopic (exact) mass is 485 g/mol. The largest absolute Gasteiger partial charge is 0.482 e. The lowest BCUT2D eigenvalue weighted by atomic mass is 10.1. The molecule has 6 nitrogen and oxygen atoms in total. The highest BCUT2D eigenvalue weighted by atomic mass is 35.6. The van der Waals surface area contributed by atoms with Gasteiger partial charge >= 0.3 is 5.97 Å². The van der Waals surface area contributed by atoms with Gasteiger partial charge in [0.2, 0.25) is 13.8 Å². The molecule has 0 radical (unpaired) electrons. The van der Waals surface area contributed by atoms with E-state index in [2.05, 4.69) is 9.46 Å². The van der Waals surface area contributed by atoms with Crippen molar-refractivity contribution in [1.29, 1.82) is 0 Å². The minimum atomic E-state index is -4.00. The summed E-state index contributed by atoms with van der Waals surface area (Å²) in [4.78, 5) is 11.1. The lowest BCUT2D eigenvalue weighted by Crippen LogP contribution is -2.36. The number of benzene rings is 2. The smallest absolute Gasteiger partial charge is 0.343 e. The second-order valence-corrected chi connectivity index (χ2v) is 10.0. The van der Waals surface area contributed by atoms with E-state index in [1.807, 2.05) is 0 Å². The molecule has 0 bridgehead atoms. The third kappa shape index (κ3) is 6.40. The molecule has 2 aromatic carbocycles. The fourth-order valence-electron chi connectivity index (χ4n) is 2.12. The van der Waals surface area contributed by atoms with Gasteiger partial charge < -0.3 is 9.47 Å². The highest BCUT2D eigenvalue weighted by molar-refractivity contribution is 7.89. The van der Waals surface area contributed by atoms with Crippen molar-refractivity contribution >= 4 is 62.4 Å². The predicted molar refractivity (Wildman–Crippen MR) is 109 cm³/mol. The number of carbonyl (C=O) groups is 1. The number of carbonyl (C=O) groups excluding carboxylic acids is 1. The maximum Gasteiger partial charge on any atom is 0.343 e. The summed E-state index contributed by atoms with van der Waals surface area (Å²) in [6, 6.07) is 10.4. The van der Waals surface area contributed by atoms with Crippen LogP contribution in [0.3, 0.4) is 0 Å². The van der Waals surface area contributed by atoms with E-state index in [-0.39, 0.29) is 11.5 Å². The van der Waals surface area contributed by atoms with Crippen LogP contribution >= 0.6 is 46.4 Å². The Hall–Kier alpha value is -1.22. The second-order valence-electron chi connectivity index (χ2n) is 5.48. The Kier molecular flexibility index (Phi) is 7.84. The van der Waals surface area contributed by atoms with E-state index >= 15 is 0 Å². The van der Waals surface area contributed by atoms with E-state index in [9.17, 15) is 13.2 Å². The molecule has 0 aliphatic carbocycles. The first-order chi connectivity index (χ1) is 13.0. The number of sulfonamides is 1. The molecule has 0 fully saturated rings. The molecule has 0 saturated carbocycles. The van der Waals surface area contributed by atoms with Gasteiger partial charge in [-0.3, -0.25) is 0 Å². The SMILES string of the molecule is COC(=O)COc1ccc([C@H](NS(=O)(=O)c2ccc(Cl)cc2)C(Cl)(Cl)Cl)cc1. The summed E-state index contributed by atoms with van der Waals surface area (Å²) in [6.07, 6.45) is 0. The molecule has 11 heteroatoms. The summed E-state index contributed by atoms with van der Waals surface area (Å²) in [7, 11) is -2.75. The van der Waals surface area contributed by atoms with Crippen molar-refractivity contribution in [3.63, 3.8) is 0 Å². The van der Waals surface area contributed by atoms with Crippen LogP contribution in [-0.4, -0.2) is 31.9 Å². The standard InChI is InChI=1S/C17H15Cl4NO5S/c1-26-15(23)10-27-13-6-2-11(3-7-13)16(17(19,20)21)22-28(24,25)14-8-4-12(18)5-9-14/h2-9,16,22H,10H2,1H3/t16-/m0/s1. The Morgan fingerprint density at radius 3 is 2.14 bits per heavy atom. The van der Waals surface area contributed by atoms with Gasteiger partial charge in [-0.05, 0) is 42.0 Å². The quantitative estimate of drug-likeness (QED) is 0.466. The van der Waals surface area contributed by atoms with Crippen LogP contribution in [0.15, 0.2) is 53.4 Å². The zero-order valence-corrected chi connectivity index (χ0v) is 18.2. The normalized spacial score (nSPS) is 13.0. The van der Waals surface area contributed by atoms with Gasteiger partial charge in [0.1, 0.15) is 5.75 Å². The first-order valence-electron chi connectivity index (χ1n) is 7.67. The number of halogens is 4. The van der Waals surface area contributed by atoms with E-state index < -0.39 is 25.8 Å². The van der Waals surface area contributed by atoms with Gasteiger partial charge in [0, 0.05) is 5.02 Å². The number of hydrogen-bond donors (Lipinski definition) is 1. The molecule has 1 N–H and O–H groups in total. The van der Waals surface area contributed by atoms with E-state index in [1.165, 1.54) is 55.6 Å². The predicted octanol–water partition coefficient (Wildman–Crippen LogP) is 4.28. The highest BCUT2D eigenvalue weighted by Crippen LogP contribution is 2.41. The van der Waals surface area contributed by atoms with Gasteiger partial charge in [0.25, 0.3) is 0 Å². The molecule has 0 spiro atoms. The molecule has 2 rings (SSSR count). The number of nitrogens with one attached hydrogen (secondary N) is 1. The summed E-state index contributed by atoms with van der Waals surface area (Å²) in [5, 5.41) is 0.388. The van der Waals surface area contributed by atoms with Crippen molar-refractivity contribution in [1.82, 2.24) is 4.72 Å². The minimum Gasteiger partial charge on any atom is -0.482 e. The summed E-state index contributed by atoms with van der Waals surface area (Å²) in [5.41, 5.74) is 0.378. The van der Waals surface area contributed by atoms with Crippen LogP contribution in [0.1, 0.15) is 11.6 Å². The Bertz CT molecular complexity index is 912. The summed E-state index contributed by atoms with van der Waals surface area (Å²) in [5.74, 6) is -0.184. The number of rotatable bonds is 7. The van der Waals surface area contributed by atoms with E-state index in [4.69, 9.17) is 51.1 Å². The van der Waals surface area contributed by atoms with Crippen LogP contribution in [0.4, 0.5) is 0 Å². The van der Waals surface area contributed by atoms with Gasteiger partial charge in [0.05, 0.1) is 18.0 Å². The molecule has 2 aromatic rings. The molecule has 0 amide bonds. The van der Waals surface area contributed by atoms with Crippen LogP contribution in [0.5, 0.6) is 5.75 Å². The molecule has 0 heterocycles. The van der Waals surface area contributed by atoms with Crippen LogP contribution in [0, 0.1) is 0 Å².